The van der Waals surface area contributed by atoms with E-state index in [1.54, 1.807) is 0 Å². The Morgan fingerprint density at radius 2 is 1.83 bits per heavy atom. The fourth-order valence-electron chi connectivity index (χ4n) is 4.67. The second-order valence-corrected chi connectivity index (χ2v) is 10.2. The molecular formula is C29H40N2O5. The summed E-state index contributed by atoms with van der Waals surface area (Å²) < 4.78 is 23.0. The molecule has 0 unspecified atom stereocenters. The molecule has 196 valence electrons. The highest BCUT2D eigenvalue weighted by molar-refractivity contribution is 5.70. The van der Waals surface area contributed by atoms with Gasteiger partial charge in [0.15, 0.2) is 0 Å². The van der Waals surface area contributed by atoms with E-state index in [4.69, 9.17) is 24.7 Å². The van der Waals surface area contributed by atoms with Crippen LogP contribution in [0.1, 0.15) is 75.2 Å². The van der Waals surface area contributed by atoms with Crippen LogP contribution in [-0.4, -0.2) is 43.1 Å². The molecule has 7 nitrogen and oxygen atoms in total. The number of unbranched alkanes of at least 4 members (excludes halogenated alkanes) is 4. The number of nitrogen functional groups attached to an aromatic ring is 1. The highest BCUT2D eigenvalue weighted by atomic mass is 16.7. The SMILES string of the molecule is CC1(C)OCc2cc([C@@H]3CN(CCCCCCOCCCCc4cccc(N)c4)C(=O)O3)ccc2O1. The van der Waals surface area contributed by atoms with Crippen LogP contribution in [0.5, 0.6) is 5.75 Å². The summed E-state index contributed by atoms with van der Waals surface area (Å²) in [6, 6.07) is 14.1. The van der Waals surface area contributed by atoms with Gasteiger partial charge >= 0.3 is 6.09 Å². The zero-order valence-corrected chi connectivity index (χ0v) is 21.7. The van der Waals surface area contributed by atoms with Gasteiger partial charge in [-0.05, 0) is 67.5 Å². The molecule has 7 heteroatoms. The summed E-state index contributed by atoms with van der Waals surface area (Å²) in [6.45, 7) is 7.22. The molecule has 2 N–H and O–H groups in total. The van der Waals surface area contributed by atoms with Crippen molar-refractivity contribution < 1.29 is 23.7 Å². The Morgan fingerprint density at radius 1 is 1.03 bits per heavy atom. The average molecular weight is 497 g/mol. The quantitative estimate of drug-likeness (QED) is 0.270. The van der Waals surface area contributed by atoms with Crippen LogP contribution < -0.4 is 10.5 Å². The normalized spacial score (nSPS) is 18.6. The van der Waals surface area contributed by atoms with Crippen LogP contribution in [0, 0.1) is 0 Å². The molecule has 4 rings (SSSR count). The lowest BCUT2D eigenvalue weighted by Crippen LogP contribution is -2.35. The van der Waals surface area contributed by atoms with Crippen molar-refractivity contribution in [2.75, 3.05) is 32.0 Å². The summed E-state index contributed by atoms with van der Waals surface area (Å²) in [7, 11) is 0. The van der Waals surface area contributed by atoms with E-state index in [1.807, 2.05) is 55.1 Å². The standard InChI is InChI=1S/C29H40N2O5/c1-29(2)34-21-24-19-23(13-14-26(24)36-29)27-20-31(28(32)35-27)15-6-3-4-7-16-33-17-8-5-10-22-11-9-12-25(30)18-22/h9,11-14,18-19,27H,3-8,10,15-17,20-21,30H2,1-2H3/t27-/m0/s1. The van der Waals surface area contributed by atoms with Crippen molar-refractivity contribution in [1.29, 1.82) is 0 Å². The summed E-state index contributed by atoms with van der Waals surface area (Å²) >= 11 is 0. The van der Waals surface area contributed by atoms with Gasteiger partial charge in [0.05, 0.1) is 13.2 Å². The van der Waals surface area contributed by atoms with Gasteiger partial charge in [0.25, 0.3) is 0 Å². The first-order chi connectivity index (χ1) is 17.4. The van der Waals surface area contributed by atoms with Gasteiger partial charge in [-0.2, -0.15) is 0 Å². The fraction of sp³-hybridized carbons (Fsp3) is 0.552. The summed E-state index contributed by atoms with van der Waals surface area (Å²) in [5, 5.41) is 0. The number of hydrogen-bond donors (Lipinski definition) is 1. The number of benzene rings is 2. The second kappa shape index (κ2) is 12.5. The Morgan fingerprint density at radius 3 is 2.67 bits per heavy atom. The molecule has 36 heavy (non-hydrogen) atoms. The predicted octanol–water partition coefficient (Wildman–Crippen LogP) is 6.01. The first kappa shape index (κ1) is 26.3. The Labute approximate surface area is 214 Å². The van der Waals surface area contributed by atoms with Crippen molar-refractivity contribution in [3.05, 3.63) is 59.2 Å². The third-order valence-corrected chi connectivity index (χ3v) is 6.70. The summed E-state index contributed by atoms with van der Waals surface area (Å²) in [4.78, 5) is 14.2. The molecule has 1 saturated heterocycles. The zero-order chi connectivity index (χ0) is 25.4. The van der Waals surface area contributed by atoms with Gasteiger partial charge in [0.1, 0.15) is 11.9 Å². The van der Waals surface area contributed by atoms with E-state index in [0.29, 0.717) is 13.2 Å². The molecule has 0 bridgehead atoms. The Bertz CT molecular complexity index is 1010. The molecule has 2 aromatic carbocycles. The van der Waals surface area contributed by atoms with Crippen molar-refractivity contribution in [1.82, 2.24) is 4.90 Å². The van der Waals surface area contributed by atoms with Gasteiger partial charge in [-0.3, -0.25) is 0 Å². The maximum atomic E-state index is 12.4. The van der Waals surface area contributed by atoms with Gasteiger partial charge in [-0.25, -0.2) is 4.79 Å². The smallest absolute Gasteiger partial charge is 0.410 e. The van der Waals surface area contributed by atoms with Crippen LogP contribution >= 0.6 is 0 Å². The minimum Gasteiger partial charge on any atom is -0.463 e. The second-order valence-electron chi connectivity index (χ2n) is 10.2. The number of nitrogens with zero attached hydrogens (tertiary/aromatic N) is 1. The van der Waals surface area contributed by atoms with E-state index in [-0.39, 0.29) is 12.2 Å². The lowest BCUT2D eigenvalue weighted by Gasteiger charge is -2.32. The van der Waals surface area contributed by atoms with Gasteiger partial charge < -0.3 is 29.6 Å². The number of carbonyl (C=O) groups excluding carboxylic acids is 1. The number of aryl methyl sites for hydroxylation is 1. The molecule has 2 aliphatic rings. The van der Waals surface area contributed by atoms with Crippen molar-refractivity contribution in [2.45, 2.75) is 77.3 Å². The van der Waals surface area contributed by atoms with Crippen LogP contribution in [-0.2, 0) is 27.2 Å². The predicted molar refractivity (Wildman–Crippen MR) is 140 cm³/mol. The monoisotopic (exact) mass is 496 g/mol. The van der Waals surface area contributed by atoms with E-state index in [1.165, 1.54) is 5.56 Å². The molecule has 2 aromatic rings. The van der Waals surface area contributed by atoms with Crippen LogP contribution in [0.25, 0.3) is 0 Å². The molecular weight excluding hydrogens is 456 g/mol. The number of rotatable bonds is 13. The number of hydrogen-bond acceptors (Lipinski definition) is 6. The maximum Gasteiger partial charge on any atom is 0.410 e. The van der Waals surface area contributed by atoms with E-state index < -0.39 is 5.79 Å². The summed E-state index contributed by atoms with van der Waals surface area (Å²) in [6.07, 6.45) is 6.96. The van der Waals surface area contributed by atoms with Crippen LogP contribution in [0.4, 0.5) is 10.5 Å². The number of carbonyl (C=O) groups is 1. The van der Waals surface area contributed by atoms with Gasteiger partial charge in [-0.15, -0.1) is 0 Å². The maximum absolute atomic E-state index is 12.4. The number of fused-ring (bicyclic) bond motifs is 1. The van der Waals surface area contributed by atoms with Gasteiger partial charge in [0.2, 0.25) is 5.79 Å². The highest BCUT2D eigenvalue weighted by Gasteiger charge is 2.33. The number of anilines is 1. The molecule has 0 saturated carbocycles. The van der Waals surface area contributed by atoms with Crippen LogP contribution in [0.3, 0.4) is 0 Å². The van der Waals surface area contributed by atoms with Gasteiger partial charge in [-0.1, -0.05) is 31.0 Å². The Balaban J connectivity index is 1.05. The largest absolute Gasteiger partial charge is 0.463 e. The van der Waals surface area contributed by atoms with E-state index in [0.717, 1.165) is 87.3 Å². The Kier molecular flexibility index (Phi) is 9.10. The molecule has 1 amide bonds. The minimum atomic E-state index is -0.615. The third kappa shape index (κ3) is 7.61. The molecule has 1 atom stereocenters. The molecule has 2 aliphatic heterocycles. The van der Waals surface area contributed by atoms with Gasteiger partial charge in [0, 0.05) is 44.9 Å². The Hall–Kier alpha value is -2.77. The van der Waals surface area contributed by atoms with E-state index in [2.05, 4.69) is 6.07 Å². The van der Waals surface area contributed by atoms with Crippen LogP contribution in [0.2, 0.25) is 0 Å². The first-order valence-corrected chi connectivity index (χ1v) is 13.2. The van der Waals surface area contributed by atoms with Crippen molar-refractivity contribution >= 4 is 11.8 Å². The lowest BCUT2D eigenvalue weighted by molar-refractivity contribution is -0.180. The van der Waals surface area contributed by atoms with Crippen molar-refractivity contribution in [3.8, 4) is 5.75 Å². The number of nitrogens with two attached hydrogens (primary N) is 1. The first-order valence-electron chi connectivity index (χ1n) is 13.2. The molecule has 0 aliphatic carbocycles. The summed E-state index contributed by atoms with van der Waals surface area (Å²) in [5.41, 5.74) is 9.92. The topological polar surface area (TPSA) is 83.2 Å². The van der Waals surface area contributed by atoms with Crippen molar-refractivity contribution in [2.24, 2.45) is 0 Å². The van der Waals surface area contributed by atoms with E-state index >= 15 is 0 Å². The highest BCUT2D eigenvalue weighted by Crippen LogP contribution is 2.35. The third-order valence-electron chi connectivity index (χ3n) is 6.70. The zero-order valence-electron chi connectivity index (χ0n) is 21.7. The number of cyclic esters (lactones) is 1. The molecule has 0 aromatic heterocycles. The molecule has 0 spiro atoms. The average Bonchev–Trinajstić information content (AvgIpc) is 3.22. The minimum absolute atomic E-state index is 0.229. The molecule has 0 radical (unpaired) electrons. The lowest BCUT2D eigenvalue weighted by atomic mass is 10.0. The van der Waals surface area contributed by atoms with Crippen molar-refractivity contribution in [3.63, 3.8) is 0 Å². The number of ether oxygens (including phenoxy) is 4. The van der Waals surface area contributed by atoms with Crippen LogP contribution in [0.15, 0.2) is 42.5 Å². The molecule has 2 heterocycles. The summed E-state index contributed by atoms with van der Waals surface area (Å²) in [5.74, 6) is 0.216. The van der Waals surface area contributed by atoms with E-state index in [9.17, 15) is 4.79 Å². The molecule has 1 fully saturated rings. The fourth-order valence-corrected chi connectivity index (χ4v) is 4.67. The number of amides is 1.